The van der Waals surface area contributed by atoms with Crippen LogP contribution in [-0.2, 0) is 0 Å². The van der Waals surface area contributed by atoms with Gasteiger partial charge in [-0.25, -0.2) is 9.78 Å². The van der Waals surface area contributed by atoms with Crippen LogP contribution in [0.15, 0.2) is 59.1 Å². The molecule has 0 aliphatic heterocycles. The van der Waals surface area contributed by atoms with E-state index in [1.807, 2.05) is 54.6 Å². The summed E-state index contributed by atoms with van der Waals surface area (Å²) in [7, 11) is 0. The Balaban J connectivity index is 2.15. The quantitative estimate of drug-likeness (QED) is 0.749. The molecule has 0 saturated carbocycles. The molecule has 2 N–H and O–H groups in total. The van der Waals surface area contributed by atoms with Crippen LogP contribution in [0.25, 0.3) is 22.6 Å². The van der Waals surface area contributed by atoms with Crippen LogP contribution >= 0.6 is 15.9 Å². The van der Waals surface area contributed by atoms with Crippen LogP contribution in [-0.4, -0.2) is 21.0 Å². The fraction of sp³-hybridized carbons (Fsp3) is 0. The predicted molar refractivity (Wildman–Crippen MR) is 84.1 cm³/mol. The zero-order valence-electron chi connectivity index (χ0n) is 10.9. The van der Waals surface area contributed by atoms with Crippen molar-refractivity contribution >= 4 is 21.9 Å². The van der Waals surface area contributed by atoms with Crippen LogP contribution in [0.2, 0.25) is 0 Å². The van der Waals surface area contributed by atoms with E-state index in [-0.39, 0.29) is 5.69 Å². The molecule has 0 spiro atoms. The van der Waals surface area contributed by atoms with Crippen LogP contribution < -0.4 is 0 Å². The van der Waals surface area contributed by atoms with Crippen LogP contribution in [0.1, 0.15) is 10.5 Å². The van der Waals surface area contributed by atoms with Gasteiger partial charge in [0.1, 0.15) is 11.5 Å². The molecule has 2 aromatic carbocycles. The van der Waals surface area contributed by atoms with Crippen LogP contribution in [0.5, 0.6) is 0 Å². The van der Waals surface area contributed by atoms with Gasteiger partial charge in [0.05, 0.1) is 0 Å². The van der Waals surface area contributed by atoms with Gasteiger partial charge in [-0.3, -0.25) is 0 Å². The molecule has 0 aliphatic carbocycles. The number of hydrogen-bond acceptors (Lipinski definition) is 2. The molecule has 21 heavy (non-hydrogen) atoms. The number of aromatic carboxylic acids is 1. The SMILES string of the molecule is O=C(O)c1[nH]c(-c2cccc(Br)c2)nc1-c1ccccc1. The van der Waals surface area contributed by atoms with Crippen molar-refractivity contribution in [3.8, 4) is 22.6 Å². The molecule has 104 valence electrons. The van der Waals surface area contributed by atoms with Gasteiger partial charge >= 0.3 is 5.97 Å². The van der Waals surface area contributed by atoms with E-state index in [9.17, 15) is 9.90 Å². The van der Waals surface area contributed by atoms with E-state index in [0.29, 0.717) is 11.5 Å². The smallest absolute Gasteiger partial charge is 0.354 e. The molecule has 1 heterocycles. The largest absolute Gasteiger partial charge is 0.477 e. The maximum absolute atomic E-state index is 11.4. The van der Waals surface area contributed by atoms with Crippen molar-refractivity contribution in [3.63, 3.8) is 0 Å². The lowest BCUT2D eigenvalue weighted by Gasteiger charge is -1.97. The van der Waals surface area contributed by atoms with Crippen molar-refractivity contribution in [1.29, 1.82) is 0 Å². The number of aromatic amines is 1. The standard InChI is InChI=1S/C16H11BrN2O2/c17-12-8-4-7-11(9-12)15-18-13(14(19-15)16(20)21)10-5-2-1-3-6-10/h1-9H,(H,18,19)(H,20,21). The molecule has 4 nitrogen and oxygen atoms in total. The predicted octanol–water partition coefficient (Wildman–Crippen LogP) is 4.20. The number of nitrogens with zero attached hydrogens (tertiary/aromatic N) is 1. The molecular weight excluding hydrogens is 332 g/mol. The van der Waals surface area contributed by atoms with E-state index in [0.717, 1.165) is 15.6 Å². The fourth-order valence-electron chi connectivity index (χ4n) is 2.11. The van der Waals surface area contributed by atoms with Crippen molar-refractivity contribution < 1.29 is 9.90 Å². The highest BCUT2D eigenvalue weighted by Crippen LogP contribution is 2.27. The first-order valence-electron chi connectivity index (χ1n) is 6.30. The topological polar surface area (TPSA) is 66.0 Å². The second kappa shape index (κ2) is 5.54. The summed E-state index contributed by atoms with van der Waals surface area (Å²) in [5, 5.41) is 9.36. The summed E-state index contributed by atoms with van der Waals surface area (Å²) in [5.74, 6) is -0.491. The summed E-state index contributed by atoms with van der Waals surface area (Å²) >= 11 is 3.40. The number of aromatic nitrogens is 2. The molecule has 0 amide bonds. The Labute approximate surface area is 129 Å². The lowest BCUT2D eigenvalue weighted by atomic mass is 10.1. The fourth-order valence-corrected chi connectivity index (χ4v) is 2.50. The maximum Gasteiger partial charge on any atom is 0.354 e. The minimum absolute atomic E-state index is 0.0937. The average molecular weight is 343 g/mol. The molecule has 0 fully saturated rings. The maximum atomic E-state index is 11.4. The minimum Gasteiger partial charge on any atom is -0.477 e. The number of nitrogens with one attached hydrogen (secondary N) is 1. The summed E-state index contributed by atoms with van der Waals surface area (Å²) in [6, 6.07) is 16.8. The van der Waals surface area contributed by atoms with E-state index in [4.69, 9.17) is 0 Å². The Kier molecular flexibility index (Phi) is 3.58. The van der Waals surface area contributed by atoms with Gasteiger partial charge in [-0.2, -0.15) is 0 Å². The van der Waals surface area contributed by atoms with Crippen molar-refractivity contribution in [1.82, 2.24) is 9.97 Å². The van der Waals surface area contributed by atoms with Crippen molar-refractivity contribution in [3.05, 3.63) is 64.8 Å². The highest BCUT2D eigenvalue weighted by atomic mass is 79.9. The Hall–Kier alpha value is -2.40. The van der Waals surface area contributed by atoms with Gasteiger partial charge in [0.2, 0.25) is 0 Å². The zero-order chi connectivity index (χ0) is 14.8. The normalized spacial score (nSPS) is 10.5. The van der Waals surface area contributed by atoms with E-state index in [1.54, 1.807) is 0 Å². The number of rotatable bonds is 3. The first-order chi connectivity index (χ1) is 10.1. The summed E-state index contributed by atoms with van der Waals surface area (Å²) in [6.45, 7) is 0. The van der Waals surface area contributed by atoms with E-state index < -0.39 is 5.97 Å². The molecule has 0 saturated heterocycles. The first kappa shape index (κ1) is 13.6. The monoisotopic (exact) mass is 342 g/mol. The van der Waals surface area contributed by atoms with Gasteiger partial charge in [-0.1, -0.05) is 58.4 Å². The van der Waals surface area contributed by atoms with Crippen LogP contribution in [0, 0.1) is 0 Å². The number of carbonyl (C=O) groups is 1. The molecule has 1 aromatic heterocycles. The van der Waals surface area contributed by atoms with Gasteiger partial charge in [0, 0.05) is 15.6 Å². The van der Waals surface area contributed by atoms with Crippen LogP contribution in [0.3, 0.4) is 0 Å². The van der Waals surface area contributed by atoms with Crippen molar-refractivity contribution in [2.45, 2.75) is 0 Å². The Bertz CT molecular complexity index is 797. The Morgan fingerprint density at radius 2 is 1.76 bits per heavy atom. The molecule has 3 aromatic rings. The molecule has 3 rings (SSSR count). The van der Waals surface area contributed by atoms with Gasteiger partial charge in [0.15, 0.2) is 5.69 Å². The molecule has 0 radical (unpaired) electrons. The highest BCUT2D eigenvalue weighted by molar-refractivity contribution is 9.10. The average Bonchev–Trinajstić information content (AvgIpc) is 2.93. The second-order valence-corrected chi connectivity index (χ2v) is 5.41. The third-order valence-corrected chi connectivity index (χ3v) is 3.56. The highest BCUT2D eigenvalue weighted by Gasteiger charge is 2.18. The lowest BCUT2D eigenvalue weighted by molar-refractivity contribution is 0.0692. The molecule has 0 aliphatic rings. The van der Waals surface area contributed by atoms with Gasteiger partial charge < -0.3 is 10.1 Å². The summed E-state index contributed by atoms with van der Waals surface area (Å²) in [5.41, 5.74) is 2.13. The summed E-state index contributed by atoms with van der Waals surface area (Å²) in [4.78, 5) is 18.8. The summed E-state index contributed by atoms with van der Waals surface area (Å²) < 4.78 is 0.912. The van der Waals surface area contributed by atoms with E-state index in [2.05, 4.69) is 25.9 Å². The number of carboxylic acid groups (broad SMARTS) is 1. The minimum atomic E-state index is -1.03. The zero-order valence-corrected chi connectivity index (χ0v) is 12.5. The second-order valence-electron chi connectivity index (χ2n) is 4.49. The number of carboxylic acids is 1. The Morgan fingerprint density at radius 1 is 1.05 bits per heavy atom. The molecule has 0 bridgehead atoms. The first-order valence-corrected chi connectivity index (χ1v) is 7.09. The van der Waals surface area contributed by atoms with Crippen molar-refractivity contribution in [2.75, 3.05) is 0 Å². The molecule has 0 atom stereocenters. The van der Waals surface area contributed by atoms with Crippen molar-refractivity contribution in [2.24, 2.45) is 0 Å². The number of hydrogen-bond donors (Lipinski definition) is 2. The number of benzene rings is 2. The van der Waals surface area contributed by atoms with E-state index >= 15 is 0 Å². The number of imidazole rings is 1. The lowest BCUT2D eigenvalue weighted by Crippen LogP contribution is -1.99. The third-order valence-electron chi connectivity index (χ3n) is 3.06. The van der Waals surface area contributed by atoms with Gasteiger partial charge in [-0.15, -0.1) is 0 Å². The third kappa shape index (κ3) is 2.73. The summed E-state index contributed by atoms with van der Waals surface area (Å²) in [6.07, 6.45) is 0. The Morgan fingerprint density at radius 3 is 2.43 bits per heavy atom. The van der Waals surface area contributed by atoms with E-state index in [1.165, 1.54) is 0 Å². The number of H-pyrrole nitrogens is 1. The molecule has 5 heteroatoms. The van der Waals surface area contributed by atoms with Crippen LogP contribution in [0.4, 0.5) is 0 Å². The number of halogens is 1. The molecular formula is C16H11BrN2O2. The molecule has 0 unspecified atom stereocenters. The van der Waals surface area contributed by atoms with Gasteiger partial charge in [-0.05, 0) is 12.1 Å². The van der Waals surface area contributed by atoms with Gasteiger partial charge in [0.25, 0.3) is 0 Å².